The van der Waals surface area contributed by atoms with Crippen molar-refractivity contribution in [1.29, 1.82) is 0 Å². The Hall–Kier alpha value is -3.18. The number of rotatable bonds is 7. The molecule has 1 aromatic rings. The number of benzene rings is 1. The summed E-state index contributed by atoms with van der Waals surface area (Å²) in [4.78, 5) is 47.7. The predicted molar refractivity (Wildman–Crippen MR) is 111 cm³/mol. The summed E-state index contributed by atoms with van der Waals surface area (Å²) in [6.07, 6.45) is 1.68. The van der Waals surface area contributed by atoms with Crippen molar-refractivity contribution in [1.82, 2.24) is 16.0 Å². The van der Waals surface area contributed by atoms with Gasteiger partial charge >= 0.3 is 11.9 Å². The lowest BCUT2D eigenvalue weighted by molar-refractivity contribution is -0.147. The van der Waals surface area contributed by atoms with Gasteiger partial charge in [-0.3, -0.25) is 19.7 Å². The molecule has 1 saturated carbocycles. The van der Waals surface area contributed by atoms with Crippen molar-refractivity contribution in [3.05, 3.63) is 29.3 Å². The molecule has 11 nitrogen and oxygen atoms in total. The number of aliphatic carboxylic acids is 1. The number of nitrogens with one attached hydrogen (secondary N) is 3. The second kappa shape index (κ2) is 9.96. The number of hydrogen-bond acceptors (Lipinski definition) is 8. The van der Waals surface area contributed by atoms with E-state index in [4.69, 9.17) is 10.5 Å². The van der Waals surface area contributed by atoms with Gasteiger partial charge in [-0.05, 0) is 37.0 Å². The number of carboxylic acids is 1. The molecule has 0 bridgehead atoms. The third-order valence-corrected chi connectivity index (χ3v) is 6.02. The van der Waals surface area contributed by atoms with Crippen molar-refractivity contribution in [2.75, 3.05) is 13.7 Å². The molecule has 2 amide bonds. The number of phenols is 1. The largest absolute Gasteiger partial charge is 0.508 e. The SMILES string of the molecule is COC(=O)C1CCC2NC(=O)C(c3cc(C[C@H](NC(=O)CN)C(=O)O)ccc3O)NC2C1. The molecular weight excluding hydrogens is 420 g/mol. The molecule has 32 heavy (non-hydrogen) atoms. The minimum absolute atomic E-state index is 0.0564. The van der Waals surface area contributed by atoms with Crippen molar-refractivity contribution >= 4 is 23.8 Å². The summed E-state index contributed by atoms with van der Waals surface area (Å²) in [5, 5.41) is 28.3. The zero-order valence-corrected chi connectivity index (χ0v) is 17.7. The lowest BCUT2D eigenvalue weighted by atomic mass is 9.80. The molecule has 0 aromatic heterocycles. The van der Waals surface area contributed by atoms with E-state index in [0.29, 0.717) is 24.8 Å². The highest BCUT2D eigenvalue weighted by molar-refractivity contribution is 5.86. The molecule has 2 aliphatic rings. The van der Waals surface area contributed by atoms with Crippen LogP contribution in [0.1, 0.15) is 36.4 Å². The van der Waals surface area contributed by atoms with Crippen molar-refractivity contribution in [2.45, 2.75) is 49.9 Å². The number of amides is 2. The molecule has 11 heteroatoms. The van der Waals surface area contributed by atoms with Crippen LogP contribution in [0.3, 0.4) is 0 Å². The average molecular weight is 448 g/mol. The number of esters is 1. The van der Waals surface area contributed by atoms with Crippen LogP contribution in [-0.4, -0.2) is 65.7 Å². The summed E-state index contributed by atoms with van der Waals surface area (Å²) in [5.41, 5.74) is 6.04. The summed E-state index contributed by atoms with van der Waals surface area (Å²) >= 11 is 0. The maximum absolute atomic E-state index is 12.8. The maximum atomic E-state index is 12.8. The highest BCUT2D eigenvalue weighted by Gasteiger charge is 2.42. The van der Waals surface area contributed by atoms with Gasteiger partial charge in [0.2, 0.25) is 11.8 Å². The Morgan fingerprint density at radius 3 is 2.69 bits per heavy atom. The van der Waals surface area contributed by atoms with E-state index < -0.39 is 24.0 Å². The molecule has 4 unspecified atom stereocenters. The molecule has 1 aliphatic heterocycles. The van der Waals surface area contributed by atoms with Crippen molar-refractivity contribution in [2.24, 2.45) is 11.7 Å². The van der Waals surface area contributed by atoms with Gasteiger partial charge in [0, 0.05) is 24.1 Å². The molecule has 3 rings (SSSR count). The Labute approximate surface area is 184 Å². The van der Waals surface area contributed by atoms with Gasteiger partial charge in [0.05, 0.1) is 19.6 Å². The summed E-state index contributed by atoms with van der Waals surface area (Å²) in [5.74, 6) is -2.84. The number of hydrogen-bond donors (Lipinski definition) is 6. The summed E-state index contributed by atoms with van der Waals surface area (Å²) < 4.78 is 4.85. The number of carbonyl (C=O) groups is 4. The Morgan fingerprint density at radius 2 is 2.03 bits per heavy atom. The molecule has 1 aromatic carbocycles. The lowest BCUT2D eigenvalue weighted by Gasteiger charge is -2.42. The molecule has 174 valence electrons. The monoisotopic (exact) mass is 448 g/mol. The topological polar surface area (TPSA) is 180 Å². The molecule has 5 atom stereocenters. The second-order valence-corrected chi connectivity index (χ2v) is 8.11. The standard InChI is InChI=1S/C21H28N4O7/c1-32-21(31)11-3-4-13-14(8-11)24-18(19(28)25-13)12-6-10(2-5-16(12)26)7-15(20(29)30)23-17(27)9-22/h2,5-6,11,13-15,18,24,26H,3-4,7-9,22H2,1H3,(H,23,27)(H,25,28)(H,29,30)/t11?,13?,14?,15-,18?/m0/s1. The quantitative estimate of drug-likeness (QED) is 0.283. The van der Waals surface area contributed by atoms with E-state index in [2.05, 4.69) is 16.0 Å². The number of ether oxygens (including phenoxy) is 1. The minimum atomic E-state index is -1.23. The molecule has 0 radical (unpaired) electrons. The van der Waals surface area contributed by atoms with E-state index in [1.165, 1.54) is 25.3 Å². The van der Waals surface area contributed by atoms with Gasteiger partial charge < -0.3 is 31.3 Å². The van der Waals surface area contributed by atoms with Crippen LogP contribution in [0.4, 0.5) is 0 Å². The number of piperazine rings is 1. The highest BCUT2D eigenvalue weighted by Crippen LogP contribution is 2.33. The van der Waals surface area contributed by atoms with Gasteiger partial charge in [0.25, 0.3) is 0 Å². The molecule has 1 aliphatic carbocycles. The van der Waals surface area contributed by atoms with E-state index >= 15 is 0 Å². The number of phenolic OH excluding ortho intramolecular Hbond substituents is 1. The number of methoxy groups -OCH3 is 1. The van der Waals surface area contributed by atoms with Crippen molar-refractivity contribution < 1.29 is 34.1 Å². The van der Waals surface area contributed by atoms with Crippen LogP contribution in [0.25, 0.3) is 0 Å². The minimum Gasteiger partial charge on any atom is -0.508 e. The lowest BCUT2D eigenvalue weighted by Crippen LogP contribution is -2.62. The van der Waals surface area contributed by atoms with Gasteiger partial charge in [0.15, 0.2) is 0 Å². The fraction of sp³-hybridized carbons (Fsp3) is 0.524. The number of nitrogens with two attached hydrogens (primary N) is 1. The van der Waals surface area contributed by atoms with E-state index in [0.717, 1.165) is 0 Å². The number of carboxylic acid groups (broad SMARTS) is 1. The van der Waals surface area contributed by atoms with Crippen LogP contribution < -0.4 is 21.7 Å². The molecule has 7 N–H and O–H groups in total. The first-order chi connectivity index (χ1) is 15.2. The van der Waals surface area contributed by atoms with Crippen LogP contribution in [0.5, 0.6) is 5.75 Å². The van der Waals surface area contributed by atoms with E-state index in [1.54, 1.807) is 0 Å². The Morgan fingerprint density at radius 1 is 1.28 bits per heavy atom. The summed E-state index contributed by atoms with van der Waals surface area (Å²) in [6.45, 7) is -0.341. The second-order valence-electron chi connectivity index (χ2n) is 8.11. The number of fused-ring (bicyclic) bond motifs is 1. The zero-order valence-electron chi connectivity index (χ0n) is 17.7. The first kappa shape index (κ1) is 23.5. The molecular formula is C21H28N4O7. The first-order valence-corrected chi connectivity index (χ1v) is 10.4. The van der Waals surface area contributed by atoms with E-state index in [-0.39, 0.29) is 54.2 Å². The maximum Gasteiger partial charge on any atom is 0.326 e. The summed E-state index contributed by atoms with van der Waals surface area (Å²) in [6, 6.07) is 2.04. The fourth-order valence-electron chi connectivity index (χ4n) is 4.35. The highest BCUT2D eigenvalue weighted by atomic mass is 16.5. The van der Waals surface area contributed by atoms with E-state index in [1.807, 2.05) is 0 Å². The van der Waals surface area contributed by atoms with Crippen molar-refractivity contribution in [3.8, 4) is 5.75 Å². The third kappa shape index (κ3) is 5.17. The van der Waals surface area contributed by atoms with Crippen LogP contribution in [-0.2, 0) is 30.3 Å². The zero-order chi connectivity index (χ0) is 23.4. The Bertz CT molecular complexity index is 906. The fourth-order valence-corrected chi connectivity index (χ4v) is 4.35. The molecule has 0 spiro atoms. The first-order valence-electron chi connectivity index (χ1n) is 10.4. The molecule has 1 heterocycles. The van der Waals surface area contributed by atoms with E-state index in [9.17, 15) is 29.4 Å². The van der Waals surface area contributed by atoms with Gasteiger partial charge in [-0.2, -0.15) is 0 Å². The van der Waals surface area contributed by atoms with Gasteiger partial charge in [-0.15, -0.1) is 0 Å². The Kier molecular flexibility index (Phi) is 7.31. The van der Waals surface area contributed by atoms with Crippen LogP contribution in [0.15, 0.2) is 18.2 Å². The van der Waals surface area contributed by atoms with Gasteiger partial charge in [-0.25, -0.2) is 4.79 Å². The predicted octanol–water partition coefficient (Wildman–Crippen LogP) is -1.07. The number of aromatic hydroxyl groups is 1. The average Bonchev–Trinajstić information content (AvgIpc) is 2.78. The smallest absolute Gasteiger partial charge is 0.326 e. The third-order valence-electron chi connectivity index (χ3n) is 6.02. The number of carbonyl (C=O) groups excluding carboxylic acids is 3. The summed E-state index contributed by atoms with van der Waals surface area (Å²) in [7, 11) is 1.34. The molecule has 2 fully saturated rings. The van der Waals surface area contributed by atoms with Gasteiger partial charge in [0.1, 0.15) is 17.8 Å². The van der Waals surface area contributed by atoms with Crippen LogP contribution in [0.2, 0.25) is 0 Å². The van der Waals surface area contributed by atoms with Crippen LogP contribution >= 0.6 is 0 Å². The Balaban J connectivity index is 1.79. The molecule has 1 saturated heterocycles. The van der Waals surface area contributed by atoms with Crippen LogP contribution in [0, 0.1) is 5.92 Å². The normalized spacial score (nSPS) is 25.8. The van der Waals surface area contributed by atoms with Crippen molar-refractivity contribution in [3.63, 3.8) is 0 Å². The van der Waals surface area contributed by atoms with Gasteiger partial charge in [-0.1, -0.05) is 6.07 Å².